The Balaban J connectivity index is 1.71. The van der Waals surface area contributed by atoms with Gasteiger partial charge in [0.15, 0.2) is 0 Å². The maximum absolute atomic E-state index is 12.8. The number of amides is 2. The van der Waals surface area contributed by atoms with Crippen molar-refractivity contribution < 1.29 is 18.7 Å². The predicted octanol–water partition coefficient (Wildman–Crippen LogP) is 3.98. The lowest BCUT2D eigenvalue weighted by molar-refractivity contribution is -0.117. The summed E-state index contributed by atoms with van der Waals surface area (Å²) in [7, 11) is 1.56. The second kappa shape index (κ2) is 10.1. The van der Waals surface area contributed by atoms with Gasteiger partial charge in [0.1, 0.15) is 17.2 Å². The number of methoxy groups -OCH3 is 1. The van der Waals surface area contributed by atoms with Crippen LogP contribution in [-0.2, 0) is 4.79 Å². The Hall–Kier alpha value is -3.80. The summed E-state index contributed by atoms with van der Waals surface area (Å²) in [6, 6.07) is 20.0. The van der Waals surface area contributed by atoms with Crippen LogP contribution < -0.4 is 15.4 Å². The standard InChI is InChI=1S/C24H24N2O4/c1-17(18-7-4-3-5-8-18)16-25-24(28)22(15-21-9-6-14-30-21)26-23(27)19-10-12-20(29-2)13-11-19/h3-15,17H,16H2,1-2H3,(H,25,28)(H,26,27)/b22-15-/t17-/m0/s1. The molecule has 3 aromatic rings. The Morgan fingerprint density at radius 2 is 1.77 bits per heavy atom. The average molecular weight is 404 g/mol. The second-order valence-corrected chi connectivity index (χ2v) is 6.78. The number of hydrogen-bond acceptors (Lipinski definition) is 4. The van der Waals surface area contributed by atoms with Crippen molar-refractivity contribution in [3.63, 3.8) is 0 Å². The van der Waals surface area contributed by atoms with Gasteiger partial charge in [-0.2, -0.15) is 0 Å². The van der Waals surface area contributed by atoms with Crippen LogP contribution in [0.1, 0.15) is 34.5 Å². The van der Waals surface area contributed by atoms with Gasteiger partial charge < -0.3 is 19.8 Å². The van der Waals surface area contributed by atoms with Crippen LogP contribution in [0.15, 0.2) is 83.1 Å². The number of furan rings is 1. The molecule has 2 aromatic carbocycles. The molecule has 0 fully saturated rings. The fourth-order valence-electron chi connectivity index (χ4n) is 2.85. The highest BCUT2D eigenvalue weighted by atomic mass is 16.5. The lowest BCUT2D eigenvalue weighted by Crippen LogP contribution is -2.36. The molecule has 0 saturated carbocycles. The molecule has 0 unspecified atom stereocenters. The molecule has 1 aromatic heterocycles. The number of rotatable bonds is 8. The van der Waals surface area contributed by atoms with Gasteiger partial charge in [-0.3, -0.25) is 9.59 Å². The zero-order valence-electron chi connectivity index (χ0n) is 16.9. The highest BCUT2D eigenvalue weighted by molar-refractivity contribution is 6.05. The van der Waals surface area contributed by atoms with E-state index in [0.29, 0.717) is 23.6 Å². The van der Waals surface area contributed by atoms with Gasteiger partial charge in [-0.1, -0.05) is 37.3 Å². The zero-order chi connectivity index (χ0) is 21.3. The van der Waals surface area contributed by atoms with Gasteiger partial charge in [0.05, 0.1) is 13.4 Å². The number of nitrogens with one attached hydrogen (secondary N) is 2. The number of hydrogen-bond donors (Lipinski definition) is 2. The highest BCUT2D eigenvalue weighted by Gasteiger charge is 2.16. The summed E-state index contributed by atoms with van der Waals surface area (Å²) in [5.41, 5.74) is 1.63. The quantitative estimate of drug-likeness (QED) is 0.557. The topological polar surface area (TPSA) is 80.6 Å². The van der Waals surface area contributed by atoms with E-state index in [4.69, 9.17) is 9.15 Å². The van der Waals surface area contributed by atoms with E-state index in [-0.39, 0.29) is 11.6 Å². The Labute approximate surface area is 175 Å². The van der Waals surface area contributed by atoms with Crippen molar-refractivity contribution >= 4 is 17.9 Å². The average Bonchev–Trinajstić information content (AvgIpc) is 3.30. The Morgan fingerprint density at radius 3 is 2.40 bits per heavy atom. The van der Waals surface area contributed by atoms with Gasteiger partial charge in [0.25, 0.3) is 11.8 Å². The molecule has 0 aliphatic heterocycles. The molecule has 3 rings (SSSR count). The molecule has 154 valence electrons. The summed E-state index contributed by atoms with van der Waals surface area (Å²) in [6.07, 6.45) is 3.01. The summed E-state index contributed by atoms with van der Waals surface area (Å²) in [4.78, 5) is 25.5. The normalized spacial score (nSPS) is 12.1. The summed E-state index contributed by atoms with van der Waals surface area (Å²) >= 11 is 0. The Morgan fingerprint density at radius 1 is 1.03 bits per heavy atom. The minimum atomic E-state index is -0.401. The molecule has 0 spiro atoms. The molecular formula is C24H24N2O4. The van der Waals surface area contributed by atoms with Gasteiger partial charge in [0, 0.05) is 18.2 Å². The monoisotopic (exact) mass is 404 g/mol. The van der Waals surface area contributed by atoms with E-state index in [1.54, 1.807) is 43.5 Å². The molecule has 0 bridgehead atoms. The molecule has 1 heterocycles. The third-order valence-corrected chi connectivity index (χ3v) is 4.61. The van der Waals surface area contributed by atoms with Crippen molar-refractivity contribution in [2.24, 2.45) is 0 Å². The van der Waals surface area contributed by atoms with Crippen molar-refractivity contribution in [2.75, 3.05) is 13.7 Å². The molecule has 6 nitrogen and oxygen atoms in total. The molecule has 6 heteroatoms. The molecule has 2 N–H and O–H groups in total. The Bertz CT molecular complexity index is 993. The van der Waals surface area contributed by atoms with E-state index >= 15 is 0 Å². The largest absolute Gasteiger partial charge is 0.497 e. The van der Waals surface area contributed by atoms with Crippen LogP contribution in [0.25, 0.3) is 6.08 Å². The zero-order valence-corrected chi connectivity index (χ0v) is 16.9. The van der Waals surface area contributed by atoms with Gasteiger partial charge in [-0.15, -0.1) is 0 Å². The first-order chi connectivity index (χ1) is 14.6. The van der Waals surface area contributed by atoms with Gasteiger partial charge in [0.2, 0.25) is 0 Å². The van der Waals surface area contributed by atoms with Crippen LogP contribution in [0.2, 0.25) is 0 Å². The first kappa shape index (κ1) is 20.9. The van der Waals surface area contributed by atoms with Gasteiger partial charge in [-0.25, -0.2) is 0 Å². The SMILES string of the molecule is COc1ccc(C(=O)N/C(=C\c2ccco2)C(=O)NC[C@H](C)c2ccccc2)cc1. The summed E-state index contributed by atoms with van der Waals surface area (Å²) in [6.45, 7) is 2.46. The van der Waals surface area contributed by atoms with Crippen LogP contribution in [0.5, 0.6) is 5.75 Å². The third-order valence-electron chi connectivity index (χ3n) is 4.61. The van der Waals surface area contributed by atoms with Crippen LogP contribution in [0, 0.1) is 0 Å². The van der Waals surface area contributed by atoms with Crippen molar-refractivity contribution in [2.45, 2.75) is 12.8 Å². The second-order valence-electron chi connectivity index (χ2n) is 6.78. The maximum atomic E-state index is 12.8. The van der Waals surface area contributed by atoms with Crippen molar-refractivity contribution in [3.05, 3.63) is 95.6 Å². The lowest BCUT2D eigenvalue weighted by atomic mass is 10.0. The molecule has 1 atom stereocenters. The van der Waals surface area contributed by atoms with Gasteiger partial charge in [-0.05, 0) is 47.9 Å². The van der Waals surface area contributed by atoms with Crippen LogP contribution in [-0.4, -0.2) is 25.5 Å². The highest BCUT2D eigenvalue weighted by Crippen LogP contribution is 2.15. The first-order valence-corrected chi connectivity index (χ1v) is 9.60. The van der Waals surface area contributed by atoms with E-state index in [9.17, 15) is 9.59 Å². The first-order valence-electron chi connectivity index (χ1n) is 9.60. The lowest BCUT2D eigenvalue weighted by Gasteiger charge is -2.15. The molecule has 0 radical (unpaired) electrons. The fourth-order valence-corrected chi connectivity index (χ4v) is 2.85. The summed E-state index contributed by atoms with van der Waals surface area (Å²) in [5, 5.41) is 5.57. The maximum Gasteiger partial charge on any atom is 0.267 e. The minimum Gasteiger partial charge on any atom is -0.497 e. The molecule has 30 heavy (non-hydrogen) atoms. The molecule has 0 aliphatic rings. The van der Waals surface area contributed by atoms with E-state index in [1.165, 1.54) is 12.3 Å². The fraction of sp³-hybridized carbons (Fsp3) is 0.167. The molecule has 0 aliphatic carbocycles. The molecular weight excluding hydrogens is 380 g/mol. The van der Waals surface area contributed by atoms with E-state index in [2.05, 4.69) is 10.6 Å². The summed E-state index contributed by atoms with van der Waals surface area (Å²) in [5.74, 6) is 0.437. The van der Waals surface area contributed by atoms with Crippen molar-refractivity contribution in [3.8, 4) is 5.75 Å². The number of benzene rings is 2. The Kier molecular flexibility index (Phi) is 7.05. The third kappa shape index (κ3) is 5.61. The van der Waals surface area contributed by atoms with Crippen molar-refractivity contribution in [1.82, 2.24) is 10.6 Å². The number of carbonyl (C=O) groups excluding carboxylic acids is 2. The van der Waals surface area contributed by atoms with Gasteiger partial charge >= 0.3 is 0 Å². The van der Waals surface area contributed by atoms with E-state index in [1.807, 2.05) is 37.3 Å². The number of ether oxygens (including phenoxy) is 1. The van der Waals surface area contributed by atoms with Crippen molar-refractivity contribution in [1.29, 1.82) is 0 Å². The van der Waals surface area contributed by atoms with Crippen LogP contribution in [0.3, 0.4) is 0 Å². The molecule has 0 saturated heterocycles. The van der Waals surface area contributed by atoms with E-state index in [0.717, 1.165) is 5.56 Å². The van der Waals surface area contributed by atoms with E-state index < -0.39 is 11.8 Å². The molecule has 2 amide bonds. The minimum absolute atomic E-state index is 0.103. The predicted molar refractivity (Wildman–Crippen MR) is 115 cm³/mol. The number of carbonyl (C=O) groups is 2. The van der Waals surface area contributed by atoms with Crippen LogP contribution >= 0.6 is 0 Å². The van der Waals surface area contributed by atoms with Crippen LogP contribution in [0.4, 0.5) is 0 Å². The summed E-state index contributed by atoms with van der Waals surface area (Å²) < 4.78 is 10.4. The smallest absolute Gasteiger partial charge is 0.267 e.